The predicted molar refractivity (Wildman–Crippen MR) is 153 cm³/mol. The third-order valence-electron chi connectivity index (χ3n) is 10.9. The lowest BCUT2D eigenvalue weighted by Crippen LogP contribution is -3.00. The number of carboxylic acid groups (broad SMARTS) is 1. The molecule has 4 saturated heterocycles. The van der Waals surface area contributed by atoms with E-state index < -0.39 is 18.0 Å². The highest BCUT2D eigenvalue weighted by atomic mass is 35.5. The van der Waals surface area contributed by atoms with E-state index in [2.05, 4.69) is 25.1 Å². The van der Waals surface area contributed by atoms with Crippen LogP contribution in [0.1, 0.15) is 54.2 Å². The van der Waals surface area contributed by atoms with Crippen molar-refractivity contribution >= 4 is 23.2 Å². The first kappa shape index (κ1) is 31.7. The van der Waals surface area contributed by atoms with Gasteiger partial charge in [0, 0.05) is 22.6 Å². The molecule has 2 N–H and O–H groups in total. The summed E-state index contributed by atoms with van der Waals surface area (Å²) in [7, 11) is 0. The Morgan fingerprint density at radius 3 is 2.16 bits per heavy atom. The SMILES string of the molecule is CCC[N+]12CC[N+](Cc3ccc4c(c3)C(=O)c3ccc(C5=C(C(=O)O)N6C(=O)[C@H]([C@@H](C)O)[C@H]6[C@H]5C)cc3-4)(CC1)CC2.[Cl-].[Cl-]. The number of aliphatic hydroxyl groups excluding tert-OH is 1. The largest absolute Gasteiger partial charge is 1.00 e. The van der Waals surface area contributed by atoms with Crippen molar-refractivity contribution in [3.8, 4) is 11.1 Å². The van der Waals surface area contributed by atoms with Crippen LogP contribution >= 0.6 is 0 Å². The van der Waals surface area contributed by atoms with Crippen molar-refractivity contribution in [1.82, 2.24) is 4.90 Å². The van der Waals surface area contributed by atoms with Crippen molar-refractivity contribution in [2.75, 3.05) is 45.8 Å². The van der Waals surface area contributed by atoms with Crippen molar-refractivity contribution in [2.24, 2.45) is 11.8 Å². The minimum Gasteiger partial charge on any atom is -1.00 e. The number of hydrogen-bond acceptors (Lipinski definition) is 4. The summed E-state index contributed by atoms with van der Waals surface area (Å²) in [5.74, 6) is -2.35. The zero-order chi connectivity index (χ0) is 28.8. The molecule has 1 aliphatic carbocycles. The number of aliphatic hydroxyl groups is 1. The molecule has 2 bridgehead atoms. The van der Waals surface area contributed by atoms with Crippen molar-refractivity contribution in [3.05, 3.63) is 64.3 Å². The van der Waals surface area contributed by atoms with Gasteiger partial charge in [0.1, 0.15) is 51.5 Å². The zero-order valence-corrected chi connectivity index (χ0v) is 26.4. The molecule has 4 fully saturated rings. The van der Waals surface area contributed by atoms with Crippen LogP contribution in [0, 0.1) is 11.8 Å². The summed E-state index contributed by atoms with van der Waals surface area (Å²) in [6.45, 7) is 15.4. The summed E-state index contributed by atoms with van der Waals surface area (Å²) >= 11 is 0. The third-order valence-corrected chi connectivity index (χ3v) is 10.9. The monoisotopic (exact) mass is 627 g/mol. The van der Waals surface area contributed by atoms with Crippen LogP contribution in [-0.4, -0.2) is 99.7 Å². The molecule has 0 aromatic heterocycles. The van der Waals surface area contributed by atoms with Crippen molar-refractivity contribution in [2.45, 2.75) is 45.9 Å². The Labute approximate surface area is 265 Å². The van der Waals surface area contributed by atoms with Gasteiger partial charge < -0.3 is 48.9 Å². The number of rotatable bonds is 7. The van der Waals surface area contributed by atoms with E-state index in [1.807, 2.05) is 19.1 Å². The maximum atomic E-state index is 13.6. The number of halogens is 2. The lowest BCUT2D eigenvalue weighted by atomic mass is 9.76. The fraction of sp³-hybridized carbons (Fsp3) is 0.485. The number of carbonyl (C=O) groups excluding carboxylic acids is 2. The number of aliphatic carboxylic acids is 1. The van der Waals surface area contributed by atoms with Gasteiger partial charge >= 0.3 is 5.97 Å². The Morgan fingerprint density at radius 1 is 0.930 bits per heavy atom. The normalized spacial score (nSPS) is 30.6. The predicted octanol–water partition coefficient (Wildman–Crippen LogP) is -2.87. The average molecular weight is 629 g/mol. The van der Waals surface area contributed by atoms with Crippen molar-refractivity contribution < 1.29 is 58.4 Å². The van der Waals surface area contributed by atoms with Gasteiger partial charge in [0.05, 0.1) is 24.6 Å². The van der Waals surface area contributed by atoms with E-state index in [9.17, 15) is 24.6 Å². The van der Waals surface area contributed by atoms with Crippen molar-refractivity contribution in [1.29, 1.82) is 0 Å². The van der Waals surface area contributed by atoms with E-state index >= 15 is 0 Å². The first-order chi connectivity index (χ1) is 19.6. The molecule has 2 aromatic rings. The fourth-order valence-corrected chi connectivity index (χ4v) is 8.72. The molecule has 6 aliphatic rings. The summed E-state index contributed by atoms with van der Waals surface area (Å²) < 4.78 is 2.39. The van der Waals surface area contributed by atoms with Gasteiger partial charge in [-0.05, 0) is 53.8 Å². The molecule has 8 rings (SSSR count). The number of benzene rings is 2. The van der Waals surface area contributed by atoms with Crippen LogP contribution in [0.15, 0.2) is 42.1 Å². The van der Waals surface area contributed by atoms with E-state index in [4.69, 9.17) is 0 Å². The van der Waals surface area contributed by atoms with E-state index in [0.29, 0.717) is 16.7 Å². The zero-order valence-electron chi connectivity index (χ0n) is 24.9. The van der Waals surface area contributed by atoms with Crippen LogP contribution in [0.25, 0.3) is 16.7 Å². The first-order valence-electron chi connectivity index (χ1n) is 15.1. The molecule has 0 spiro atoms. The molecule has 2 aromatic carbocycles. The highest BCUT2D eigenvalue weighted by Gasteiger charge is 2.60. The van der Waals surface area contributed by atoms with Gasteiger partial charge in [-0.15, -0.1) is 0 Å². The molecule has 5 heterocycles. The minimum atomic E-state index is -1.15. The second-order valence-electron chi connectivity index (χ2n) is 13.2. The lowest BCUT2D eigenvalue weighted by Gasteiger charge is -2.55. The molecule has 1 amide bonds. The smallest absolute Gasteiger partial charge is 0.352 e. The number of carbonyl (C=O) groups is 3. The summed E-state index contributed by atoms with van der Waals surface area (Å²) in [6.07, 6.45) is 0.389. The summed E-state index contributed by atoms with van der Waals surface area (Å²) in [5.41, 5.74) is 5.54. The van der Waals surface area contributed by atoms with Crippen LogP contribution in [0.2, 0.25) is 0 Å². The average Bonchev–Trinajstić information content (AvgIpc) is 3.37. The number of carboxylic acids is 1. The van der Waals surface area contributed by atoms with Crippen LogP contribution in [-0.2, 0) is 16.1 Å². The number of ketones is 1. The minimum absolute atomic E-state index is 0. The molecular weight excluding hydrogens is 589 g/mol. The maximum Gasteiger partial charge on any atom is 0.352 e. The summed E-state index contributed by atoms with van der Waals surface area (Å²) in [6, 6.07) is 11.5. The molecule has 8 nitrogen and oxygen atoms in total. The quantitative estimate of drug-likeness (QED) is 0.217. The van der Waals surface area contributed by atoms with Gasteiger partial charge in [0.2, 0.25) is 5.91 Å². The van der Waals surface area contributed by atoms with Gasteiger partial charge in [-0.1, -0.05) is 32.0 Å². The Balaban J connectivity index is 0.00000184. The summed E-state index contributed by atoms with van der Waals surface area (Å²) in [4.78, 5) is 40.1. The second kappa shape index (κ2) is 11.0. The molecule has 43 heavy (non-hydrogen) atoms. The fourth-order valence-electron chi connectivity index (χ4n) is 8.72. The van der Waals surface area contributed by atoms with E-state index in [1.54, 1.807) is 13.0 Å². The summed E-state index contributed by atoms with van der Waals surface area (Å²) in [5, 5.41) is 20.3. The standard InChI is InChI=1S/C33H38N3O5.2ClH/c1-4-9-35-10-13-36(14-11-35,15-12-35)18-21-5-7-23-25-17-22(6-8-24(25)31(38)26(23)16-21)27-19(2)29-28(20(3)37)32(39)34(29)30(27)33(40)41;;/h5-8,16-17,19-20,28-29,37H,4,9-15,18H2,1-3H3;2*1H/q+1;;/p-1/t19-,20+,28+,29+,35?,36?;;/m0../s1. The van der Waals surface area contributed by atoms with Crippen LogP contribution in [0.5, 0.6) is 0 Å². The lowest BCUT2D eigenvalue weighted by molar-refractivity contribution is -1.09. The van der Waals surface area contributed by atoms with Gasteiger partial charge in [-0.25, -0.2) is 4.79 Å². The molecule has 4 atom stereocenters. The van der Waals surface area contributed by atoms with E-state index in [0.717, 1.165) is 27.7 Å². The highest BCUT2D eigenvalue weighted by Crippen LogP contribution is 2.51. The van der Waals surface area contributed by atoms with Crippen molar-refractivity contribution in [3.63, 3.8) is 0 Å². The number of amides is 1. The number of hydrogen-bond donors (Lipinski definition) is 2. The molecule has 0 radical (unpaired) electrons. The second-order valence-corrected chi connectivity index (χ2v) is 13.2. The molecule has 5 aliphatic heterocycles. The third kappa shape index (κ3) is 4.56. The Bertz CT molecular complexity index is 1530. The molecule has 10 heteroatoms. The molecule has 0 unspecified atom stereocenters. The number of fused-ring (bicyclic) bond motifs is 7. The molecule has 230 valence electrons. The topological polar surface area (TPSA) is 94.9 Å². The van der Waals surface area contributed by atoms with Gasteiger partial charge in [-0.2, -0.15) is 0 Å². The Morgan fingerprint density at radius 2 is 1.56 bits per heavy atom. The van der Waals surface area contributed by atoms with Gasteiger partial charge in [0.25, 0.3) is 0 Å². The highest BCUT2D eigenvalue weighted by molar-refractivity contribution is 6.22. The van der Waals surface area contributed by atoms with Gasteiger partial charge in [0.15, 0.2) is 5.78 Å². The van der Waals surface area contributed by atoms with Gasteiger partial charge in [-0.3, -0.25) is 9.59 Å². The van der Waals surface area contributed by atoms with Crippen LogP contribution < -0.4 is 24.8 Å². The van der Waals surface area contributed by atoms with Crippen LogP contribution in [0.4, 0.5) is 0 Å². The number of piperazine rings is 3. The van der Waals surface area contributed by atoms with E-state index in [1.165, 1.54) is 67.2 Å². The maximum absolute atomic E-state index is 13.6. The Hall–Kier alpha value is -2.75. The Kier molecular flexibility index (Phi) is 8.10. The first-order valence-corrected chi connectivity index (χ1v) is 15.1. The molecular formula is C33H39Cl2N3O5. The number of nitrogens with zero attached hydrogens (tertiary/aromatic N) is 3. The van der Waals surface area contributed by atoms with Crippen LogP contribution in [0.3, 0.4) is 0 Å². The number of β-lactam (4-membered cyclic amide) rings is 1. The number of quaternary nitrogens is 2. The molecule has 0 saturated carbocycles. The van der Waals surface area contributed by atoms with E-state index in [-0.39, 0.29) is 54.2 Å².